The van der Waals surface area contributed by atoms with Crippen molar-refractivity contribution in [2.45, 2.75) is 6.92 Å². The molecule has 2 aromatic carbocycles. The molecule has 4 rings (SSSR count). The summed E-state index contributed by atoms with van der Waals surface area (Å²) in [6, 6.07) is 13.3. The first kappa shape index (κ1) is 21.1. The molecule has 1 fully saturated rings. The van der Waals surface area contributed by atoms with Gasteiger partial charge in [0.2, 0.25) is 0 Å². The van der Waals surface area contributed by atoms with Crippen LogP contribution in [-0.4, -0.2) is 61.8 Å². The van der Waals surface area contributed by atoms with Crippen molar-refractivity contribution in [2.75, 3.05) is 50.9 Å². The number of thiazole rings is 1. The number of halogens is 1. The van der Waals surface area contributed by atoms with E-state index in [0.717, 1.165) is 48.6 Å². The zero-order chi connectivity index (χ0) is 20.9. The van der Waals surface area contributed by atoms with E-state index in [1.807, 2.05) is 49.4 Å². The van der Waals surface area contributed by atoms with E-state index in [2.05, 4.69) is 9.88 Å². The van der Waals surface area contributed by atoms with Gasteiger partial charge in [-0.2, -0.15) is 0 Å². The maximum Gasteiger partial charge on any atom is 0.266 e. The molecule has 0 radical (unpaired) electrons. The number of nitrogens with zero attached hydrogens (tertiary/aromatic N) is 3. The number of carbonyl (C=O) groups is 1. The van der Waals surface area contributed by atoms with Crippen LogP contribution in [0.5, 0.6) is 5.75 Å². The van der Waals surface area contributed by atoms with Crippen LogP contribution in [0.25, 0.3) is 10.2 Å². The molecule has 3 aromatic rings. The number of aromatic nitrogens is 1. The lowest BCUT2D eigenvalue weighted by Gasteiger charge is -2.29. The van der Waals surface area contributed by atoms with Crippen LogP contribution in [0.15, 0.2) is 42.5 Å². The van der Waals surface area contributed by atoms with Crippen molar-refractivity contribution in [3.05, 3.63) is 53.1 Å². The van der Waals surface area contributed by atoms with Gasteiger partial charge >= 0.3 is 0 Å². The van der Waals surface area contributed by atoms with Gasteiger partial charge in [-0.1, -0.05) is 35.1 Å². The monoisotopic (exact) mass is 445 g/mol. The highest BCUT2D eigenvalue weighted by Crippen LogP contribution is 2.31. The van der Waals surface area contributed by atoms with Crippen molar-refractivity contribution in [3.8, 4) is 5.75 Å². The smallest absolute Gasteiger partial charge is 0.266 e. The van der Waals surface area contributed by atoms with Gasteiger partial charge in [0.15, 0.2) is 11.7 Å². The van der Waals surface area contributed by atoms with Crippen LogP contribution in [-0.2, 0) is 9.53 Å². The van der Waals surface area contributed by atoms with E-state index in [0.29, 0.717) is 22.4 Å². The number of anilines is 1. The van der Waals surface area contributed by atoms with E-state index in [-0.39, 0.29) is 12.5 Å². The summed E-state index contributed by atoms with van der Waals surface area (Å²) in [5.74, 6) is 0.572. The molecule has 1 aliphatic rings. The molecule has 0 saturated carbocycles. The summed E-state index contributed by atoms with van der Waals surface area (Å²) in [6.45, 7) is 6.46. The topological polar surface area (TPSA) is 54.9 Å². The summed E-state index contributed by atoms with van der Waals surface area (Å²) in [6.07, 6.45) is 0. The largest absolute Gasteiger partial charge is 0.484 e. The lowest BCUT2D eigenvalue weighted by Crippen LogP contribution is -2.44. The Morgan fingerprint density at radius 3 is 2.90 bits per heavy atom. The first-order valence-electron chi connectivity index (χ1n) is 9.94. The van der Waals surface area contributed by atoms with E-state index in [4.69, 9.17) is 21.1 Å². The number of morpholine rings is 1. The molecule has 0 spiro atoms. The van der Waals surface area contributed by atoms with E-state index < -0.39 is 0 Å². The Hall–Kier alpha value is -2.19. The van der Waals surface area contributed by atoms with Gasteiger partial charge in [-0.3, -0.25) is 14.6 Å². The molecule has 1 amide bonds. The van der Waals surface area contributed by atoms with Crippen molar-refractivity contribution in [2.24, 2.45) is 0 Å². The van der Waals surface area contributed by atoms with Gasteiger partial charge in [0.1, 0.15) is 5.75 Å². The number of benzene rings is 2. The van der Waals surface area contributed by atoms with Crippen LogP contribution in [0.2, 0.25) is 5.02 Å². The minimum Gasteiger partial charge on any atom is -0.484 e. The van der Waals surface area contributed by atoms with Crippen LogP contribution in [0.3, 0.4) is 0 Å². The Morgan fingerprint density at radius 1 is 1.27 bits per heavy atom. The molecule has 0 N–H and O–H groups in total. The third-order valence-electron chi connectivity index (χ3n) is 4.97. The molecule has 30 heavy (non-hydrogen) atoms. The molecule has 0 atom stereocenters. The van der Waals surface area contributed by atoms with Crippen molar-refractivity contribution < 1.29 is 14.3 Å². The third kappa shape index (κ3) is 5.29. The summed E-state index contributed by atoms with van der Waals surface area (Å²) in [4.78, 5) is 21.8. The normalized spacial score (nSPS) is 14.7. The Labute approximate surface area is 185 Å². The highest BCUT2D eigenvalue weighted by Gasteiger charge is 2.22. The Bertz CT molecular complexity index is 1020. The lowest BCUT2D eigenvalue weighted by molar-refractivity contribution is -0.120. The molecule has 0 aliphatic carbocycles. The zero-order valence-electron chi connectivity index (χ0n) is 16.8. The summed E-state index contributed by atoms with van der Waals surface area (Å²) in [7, 11) is 0. The van der Waals surface area contributed by atoms with E-state index in [1.165, 1.54) is 11.3 Å². The van der Waals surface area contributed by atoms with Gasteiger partial charge in [-0.05, 0) is 42.8 Å². The number of fused-ring (bicyclic) bond motifs is 1. The number of rotatable bonds is 7. The zero-order valence-corrected chi connectivity index (χ0v) is 18.4. The predicted octanol–water partition coefficient (Wildman–Crippen LogP) is 4.00. The molecule has 6 nitrogen and oxygen atoms in total. The molecule has 0 unspecified atom stereocenters. The fourth-order valence-electron chi connectivity index (χ4n) is 3.32. The summed E-state index contributed by atoms with van der Waals surface area (Å²) < 4.78 is 12.1. The molecular weight excluding hydrogens is 422 g/mol. The van der Waals surface area contributed by atoms with Crippen molar-refractivity contribution in [3.63, 3.8) is 0 Å². The van der Waals surface area contributed by atoms with Crippen molar-refractivity contribution in [1.29, 1.82) is 0 Å². The minimum atomic E-state index is -0.116. The van der Waals surface area contributed by atoms with E-state index >= 15 is 0 Å². The highest BCUT2D eigenvalue weighted by atomic mass is 35.5. The number of hydrogen-bond donors (Lipinski definition) is 0. The molecule has 158 valence electrons. The molecule has 8 heteroatoms. The first-order valence-corrected chi connectivity index (χ1v) is 11.1. The predicted molar refractivity (Wildman–Crippen MR) is 121 cm³/mol. The number of aryl methyl sites for hydroxylation is 1. The van der Waals surface area contributed by atoms with Crippen LogP contribution < -0.4 is 9.64 Å². The molecule has 1 aromatic heterocycles. The second-order valence-corrected chi connectivity index (χ2v) is 8.66. The Balaban J connectivity index is 1.51. The lowest BCUT2D eigenvalue weighted by atomic mass is 10.2. The van der Waals surface area contributed by atoms with Crippen LogP contribution in [0.4, 0.5) is 5.13 Å². The number of hydrogen-bond acceptors (Lipinski definition) is 6. The maximum atomic E-state index is 13.1. The molecule has 0 bridgehead atoms. The van der Waals surface area contributed by atoms with Gasteiger partial charge in [0.25, 0.3) is 5.91 Å². The summed E-state index contributed by atoms with van der Waals surface area (Å²) >= 11 is 7.59. The quantitative estimate of drug-likeness (QED) is 0.550. The molecule has 2 heterocycles. The van der Waals surface area contributed by atoms with Gasteiger partial charge in [0.05, 0.1) is 23.4 Å². The molecule has 1 aliphatic heterocycles. The van der Waals surface area contributed by atoms with Crippen molar-refractivity contribution >= 4 is 44.2 Å². The van der Waals surface area contributed by atoms with Crippen LogP contribution in [0.1, 0.15) is 5.56 Å². The van der Waals surface area contributed by atoms with E-state index in [9.17, 15) is 4.79 Å². The third-order valence-corrected chi connectivity index (χ3v) is 6.24. The minimum absolute atomic E-state index is 0.0384. The Kier molecular flexibility index (Phi) is 6.84. The van der Waals surface area contributed by atoms with Crippen LogP contribution >= 0.6 is 22.9 Å². The average molecular weight is 446 g/mol. The first-order chi connectivity index (χ1) is 14.6. The second-order valence-electron chi connectivity index (χ2n) is 7.21. The van der Waals surface area contributed by atoms with Gasteiger partial charge < -0.3 is 9.47 Å². The number of amides is 1. The van der Waals surface area contributed by atoms with Gasteiger partial charge in [-0.15, -0.1) is 0 Å². The van der Waals surface area contributed by atoms with Crippen LogP contribution in [0, 0.1) is 6.92 Å². The molecular formula is C22H24ClN3O3S. The Morgan fingerprint density at radius 2 is 2.10 bits per heavy atom. The average Bonchev–Trinajstić information content (AvgIpc) is 3.16. The number of carbonyl (C=O) groups excluding carboxylic acids is 1. The van der Waals surface area contributed by atoms with Crippen molar-refractivity contribution in [1.82, 2.24) is 9.88 Å². The highest BCUT2D eigenvalue weighted by molar-refractivity contribution is 7.22. The standard InChI is InChI=1S/C22H24ClN3O3S/c1-16-3-2-4-18(13-16)29-15-21(27)26(8-7-25-9-11-28-12-10-25)22-24-19-6-5-17(23)14-20(19)30-22/h2-6,13-14H,7-12,15H2,1H3. The SMILES string of the molecule is Cc1cccc(OCC(=O)N(CCN2CCOCC2)c2nc3ccc(Cl)cc3s2)c1. The number of ether oxygens (including phenoxy) is 2. The maximum absolute atomic E-state index is 13.1. The summed E-state index contributed by atoms with van der Waals surface area (Å²) in [5.41, 5.74) is 1.93. The van der Waals surface area contributed by atoms with Gasteiger partial charge in [0, 0.05) is 31.2 Å². The fourth-order valence-corrected chi connectivity index (χ4v) is 4.61. The molecule has 1 saturated heterocycles. The fraction of sp³-hybridized carbons (Fsp3) is 0.364. The summed E-state index contributed by atoms with van der Waals surface area (Å²) in [5, 5.41) is 1.32. The van der Waals surface area contributed by atoms with E-state index in [1.54, 1.807) is 4.90 Å². The second kappa shape index (κ2) is 9.75. The van der Waals surface area contributed by atoms with Gasteiger partial charge in [-0.25, -0.2) is 4.98 Å².